The second kappa shape index (κ2) is 10.5. The van der Waals surface area contributed by atoms with Gasteiger partial charge in [0, 0.05) is 44.0 Å². The van der Waals surface area contributed by atoms with Crippen LogP contribution in [0.25, 0.3) is 0 Å². The van der Waals surface area contributed by atoms with Crippen LogP contribution in [0.15, 0.2) is 71.9 Å². The van der Waals surface area contributed by atoms with Gasteiger partial charge in [-0.3, -0.25) is 14.7 Å². The Balaban J connectivity index is 1.67. The van der Waals surface area contributed by atoms with E-state index < -0.39 is 16.0 Å². The van der Waals surface area contributed by atoms with Crippen LogP contribution in [-0.4, -0.2) is 48.0 Å². The molecule has 1 aliphatic rings. The first-order chi connectivity index (χ1) is 14.4. The van der Waals surface area contributed by atoms with Crippen molar-refractivity contribution >= 4 is 16.0 Å². The number of carbonyl (C=O) groups is 1. The quantitative estimate of drug-likeness (QED) is 0.445. The van der Waals surface area contributed by atoms with Gasteiger partial charge in [-0.2, -0.15) is 0 Å². The lowest BCUT2D eigenvalue weighted by Gasteiger charge is -2.21. The van der Waals surface area contributed by atoms with Gasteiger partial charge in [0.05, 0.1) is 4.90 Å². The second-order valence-electron chi connectivity index (χ2n) is 7.44. The monoisotopic (exact) mass is 429 g/mol. The lowest BCUT2D eigenvalue weighted by molar-refractivity contribution is -0.137. The number of likely N-dealkylation sites (tertiary alicyclic amines) is 1. The molecule has 2 aromatic rings. The number of unbranched alkanes of at least 4 members (excludes halogenated alkanes) is 1. The van der Waals surface area contributed by atoms with Gasteiger partial charge in [0.15, 0.2) is 0 Å². The number of aromatic nitrogens is 1. The van der Waals surface area contributed by atoms with Crippen molar-refractivity contribution in [3.8, 4) is 0 Å². The minimum atomic E-state index is -3.58. The highest BCUT2D eigenvalue weighted by molar-refractivity contribution is 7.89. The van der Waals surface area contributed by atoms with Gasteiger partial charge in [0.25, 0.3) is 0 Å². The summed E-state index contributed by atoms with van der Waals surface area (Å²) >= 11 is 0. The van der Waals surface area contributed by atoms with E-state index in [0.717, 1.165) is 5.56 Å². The first-order valence-electron chi connectivity index (χ1n) is 10.0. The fraction of sp³-hybridized carbons (Fsp3) is 0.364. The van der Waals surface area contributed by atoms with Gasteiger partial charge in [-0.15, -0.1) is 0 Å². The van der Waals surface area contributed by atoms with Crippen LogP contribution in [0.5, 0.6) is 0 Å². The van der Waals surface area contributed by atoms with E-state index in [1.165, 1.54) is 0 Å². The van der Waals surface area contributed by atoms with Crippen molar-refractivity contribution in [1.82, 2.24) is 14.6 Å². The van der Waals surface area contributed by atoms with Gasteiger partial charge in [-0.1, -0.05) is 36.4 Å². The van der Waals surface area contributed by atoms with Crippen LogP contribution in [-0.2, 0) is 21.4 Å². The molecule has 1 aromatic carbocycles. The van der Waals surface area contributed by atoms with Crippen molar-refractivity contribution in [3.05, 3.63) is 72.6 Å². The molecular weight excluding hydrogens is 402 g/mol. The number of carboxylic acids is 1. The molecule has 3 rings (SSSR count). The molecule has 0 radical (unpaired) electrons. The Morgan fingerprint density at radius 3 is 2.73 bits per heavy atom. The van der Waals surface area contributed by atoms with E-state index in [9.17, 15) is 13.2 Å². The first kappa shape index (κ1) is 22.1. The van der Waals surface area contributed by atoms with Gasteiger partial charge in [0.1, 0.15) is 0 Å². The Hall–Kier alpha value is -2.55. The molecule has 2 atom stereocenters. The molecule has 2 N–H and O–H groups in total. The minimum absolute atomic E-state index is 0.0681. The van der Waals surface area contributed by atoms with Crippen LogP contribution in [0, 0.1) is 0 Å². The third-order valence-corrected chi connectivity index (χ3v) is 6.59. The minimum Gasteiger partial charge on any atom is -0.481 e. The van der Waals surface area contributed by atoms with E-state index in [1.807, 2.05) is 24.4 Å². The number of nitrogens with zero attached hydrogens (tertiary/aromatic N) is 2. The lowest BCUT2D eigenvalue weighted by atomic mass is 10.1. The summed E-state index contributed by atoms with van der Waals surface area (Å²) in [5, 5.41) is 8.76. The normalized spacial score (nSPS) is 20.0. The fourth-order valence-corrected chi connectivity index (χ4v) is 4.90. The van der Waals surface area contributed by atoms with E-state index in [1.54, 1.807) is 36.5 Å². The summed E-state index contributed by atoms with van der Waals surface area (Å²) in [6, 6.07) is 12.1. The van der Waals surface area contributed by atoms with Crippen molar-refractivity contribution in [3.63, 3.8) is 0 Å². The summed E-state index contributed by atoms with van der Waals surface area (Å²) in [4.78, 5) is 17.3. The fourth-order valence-electron chi connectivity index (χ4n) is 3.64. The third kappa shape index (κ3) is 6.48. The zero-order valence-electron chi connectivity index (χ0n) is 16.7. The predicted octanol–water partition coefficient (Wildman–Crippen LogP) is 2.81. The lowest BCUT2D eigenvalue weighted by Crippen LogP contribution is -2.37. The number of aliphatic carboxylic acids is 1. The number of hydrogen-bond donors (Lipinski definition) is 2. The molecule has 160 valence electrons. The van der Waals surface area contributed by atoms with Gasteiger partial charge in [-0.25, -0.2) is 13.1 Å². The number of pyridine rings is 1. The van der Waals surface area contributed by atoms with E-state index >= 15 is 0 Å². The van der Waals surface area contributed by atoms with E-state index in [2.05, 4.69) is 20.7 Å². The van der Waals surface area contributed by atoms with Crippen LogP contribution in [0.1, 0.15) is 31.2 Å². The van der Waals surface area contributed by atoms with Crippen molar-refractivity contribution < 1.29 is 18.3 Å². The van der Waals surface area contributed by atoms with E-state index in [4.69, 9.17) is 5.11 Å². The Bertz CT molecular complexity index is 949. The Kier molecular flexibility index (Phi) is 7.73. The Labute approximate surface area is 177 Å². The number of rotatable bonds is 10. The maximum atomic E-state index is 12.7. The summed E-state index contributed by atoms with van der Waals surface area (Å²) in [5.41, 5.74) is 1.06. The maximum absolute atomic E-state index is 12.7. The van der Waals surface area contributed by atoms with Crippen LogP contribution in [0.2, 0.25) is 0 Å². The van der Waals surface area contributed by atoms with E-state index in [-0.39, 0.29) is 23.4 Å². The molecule has 0 aliphatic carbocycles. The van der Waals surface area contributed by atoms with Crippen molar-refractivity contribution in [2.45, 2.75) is 49.2 Å². The zero-order chi connectivity index (χ0) is 21.4. The summed E-state index contributed by atoms with van der Waals surface area (Å²) in [5.74, 6) is -0.794. The van der Waals surface area contributed by atoms with Gasteiger partial charge >= 0.3 is 5.97 Å². The Morgan fingerprint density at radius 2 is 2.03 bits per heavy atom. The average Bonchev–Trinajstić information content (AvgIpc) is 3.09. The molecule has 7 nitrogen and oxygen atoms in total. The highest BCUT2D eigenvalue weighted by Gasteiger charge is 2.33. The summed E-state index contributed by atoms with van der Waals surface area (Å²) < 4.78 is 28.3. The number of benzene rings is 1. The molecule has 0 amide bonds. The molecule has 2 heterocycles. The van der Waals surface area contributed by atoms with Crippen molar-refractivity contribution in [1.29, 1.82) is 0 Å². The number of carboxylic acid groups (broad SMARTS) is 1. The molecule has 1 aromatic heterocycles. The first-order valence-corrected chi connectivity index (χ1v) is 11.5. The SMILES string of the molecule is O=C(O)CCC/C=C\[C@@H]1C[C@@H](NS(=O)(=O)c2ccccc2)CN1Cc1cccnc1. The molecule has 1 aliphatic heterocycles. The number of allylic oxidation sites excluding steroid dienone is 1. The highest BCUT2D eigenvalue weighted by Crippen LogP contribution is 2.23. The molecule has 0 bridgehead atoms. The van der Waals surface area contributed by atoms with Gasteiger partial charge in [-0.05, 0) is 43.0 Å². The molecule has 30 heavy (non-hydrogen) atoms. The molecular formula is C22H27N3O4S. The number of sulfonamides is 1. The second-order valence-corrected chi connectivity index (χ2v) is 9.15. The van der Waals surface area contributed by atoms with Gasteiger partial charge in [0.2, 0.25) is 10.0 Å². The number of hydrogen-bond acceptors (Lipinski definition) is 5. The molecule has 0 saturated carbocycles. The molecule has 0 unspecified atom stereocenters. The smallest absolute Gasteiger partial charge is 0.303 e. The maximum Gasteiger partial charge on any atom is 0.303 e. The summed E-state index contributed by atoms with van der Waals surface area (Å²) in [6.45, 7) is 1.26. The summed E-state index contributed by atoms with van der Waals surface area (Å²) in [7, 11) is -3.58. The largest absolute Gasteiger partial charge is 0.481 e. The van der Waals surface area contributed by atoms with Gasteiger partial charge < -0.3 is 5.11 Å². The Morgan fingerprint density at radius 1 is 1.23 bits per heavy atom. The molecule has 1 saturated heterocycles. The molecule has 0 spiro atoms. The van der Waals surface area contributed by atoms with Crippen molar-refractivity contribution in [2.75, 3.05) is 6.54 Å². The third-order valence-electron chi connectivity index (χ3n) is 5.05. The number of nitrogens with one attached hydrogen (secondary N) is 1. The van der Waals surface area contributed by atoms with Crippen LogP contribution < -0.4 is 4.72 Å². The summed E-state index contributed by atoms with van der Waals surface area (Å²) in [6.07, 6.45) is 9.68. The van der Waals surface area contributed by atoms with Crippen molar-refractivity contribution in [2.24, 2.45) is 0 Å². The predicted molar refractivity (Wildman–Crippen MR) is 114 cm³/mol. The highest BCUT2D eigenvalue weighted by atomic mass is 32.2. The zero-order valence-corrected chi connectivity index (χ0v) is 17.5. The molecule has 1 fully saturated rings. The average molecular weight is 430 g/mol. The topological polar surface area (TPSA) is 99.6 Å². The van der Waals surface area contributed by atoms with Crippen LogP contribution >= 0.6 is 0 Å². The standard InChI is InChI=1S/C22H27N3O4S/c26-22(27)12-6-1-3-9-20-14-19(17-25(20)16-18-8-7-13-23-15-18)24-30(28,29)21-10-4-2-5-11-21/h2-5,7-11,13,15,19-20,24H,1,6,12,14,16-17H2,(H,26,27)/b9-3-/t19-,20-/m1/s1. The van der Waals surface area contributed by atoms with Crippen LogP contribution in [0.4, 0.5) is 0 Å². The molecule has 8 heteroatoms. The van der Waals surface area contributed by atoms with Crippen LogP contribution in [0.3, 0.4) is 0 Å². The van der Waals surface area contributed by atoms with E-state index in [0.29, 0.717) is 32.4 Å².